The van der Waals surface area contributed by atoms with Crippen molar-refractivity contribution in [2.75, 3.05) is 6.61 Å². The normalized spacial score (nSPS) is 36.8. The van der Waals surface area contributed by atoms with Crippen molar-refractivity contribution in [3.8, 4) is 0 Å². The van der Waals surface area contributed by atoms with Gasteiger partial charge in [-0.2, -0.15) is 0 Å². The molecule has 0 saturated carbocycles. The molecule has 0 radical (unpaired) electrons. The van der Waals surface area contributed by atoms with E-state index in [1.807, 2.05) is 0 Å². The number of aliphatic hydroxyl groups is 2. The van der Waals surface area contributed by atoms with Crippen LogP contribution >= 0.6 is 0 Å². The third-order valence-electron chi connectivity index (χ3n) is 1.88. The van der Waals surface area contributed by atoms with Crippen LogP contribution in [0.3, 0.4) is 0 Å². The highest BCUT2D eigenvalue weighted by atomic mass is 16.8. The first-order valence-electron chi connectivity index (χ1n) is 4.11. The van der Waals surface area contributed by atoms with Crippen LogP contribution < -0.4 is 0 Å². The third-order valence-corrected chi connectivity index (χ3v) is 1.88. The average Bonchev–Trinajstić information content (AvgIpc) is 2.25. The molecule has 3 atom stereocenters. The van der Waals surface area contributed by atoms with Gasteiger partial charge in [0, 0.05) is 0 Å². The zero-order chi connectivity index (χ0) is 9.35. The fraction of sp³-hybridized carbons (Fsp3) is 1.00. The Hall–Kier alpha value is -0.160. The minimum absolute atomic E-state index is 0.126. The molecule has 1 saturated heterocycles. The summed E-state index contributed by atoms with van der Waals surface area (Å²) in [6.07, 6.45) is -1.46. The minimum Gasteiger partial charge on any atom is -0.394 e. The lowest BCUT2D eigenvalue weighted by atomic mass is 10.1. The predicted octanol–water partition coefficient (Wildman–Crippen LogP) is -0.120. The van der Waals surface area contributed by atoms with Crippen molar-refractivity contribution in [3.05, 3.63) is 0 Å². The van der Waals surface area contributed by atoms with Gasteiger partial charge in [0.15, 0.2) is 5.79 Å². The Labute approximate surface area is 72.1 Å². The van der Waals surface area contributed by atoms with Crippen LogP contribution in [0.1, 0.15) is 20.8 Å². The zero-order valence-electron chi connectivity index (χ0n) is 7.65. The molecule has 0 aromatic heterocycles. The van der Waals surface area contributed by atoms with Crippen molar-refractivity contribution >= 4 is 0 Å². The molecule has 0 bridgehead atoms. The first-order chi connectivity index (χ1) is 5.46. The summed E-state index contributed by atoms with van der Waals surface area (Å²) >= 11 is 0. The van der Waals surface area contributed by atoms with E-state index >= 15 is 0 Å². The van der Waals surface area contributed by atoms with Crippen LogP contribution in [-0.2, 0) is 9.47 Å². The van der Waals surface area contributed by atoms with Crippen LogP contribution in [0, 0.1) is 0 Å². The number of hydrogen-bond acceptors (Lipinski definition) is 4. The molecule has 72 valence electrons. The van der Waals surface area contributed by atoms with E-state index < -0.39 is 24.1 Å². The maximum atomic E-state index is 9.27. The van der Waals surface area contributed by atoms with Gasteiger partial charge in [0.1, 0.15) is 12.2 Å². The van der Waals surface area contributed by atoms with Gasteiger partial charge in [0.2, 0.25) is 0 Å². The van der Waals surface area contributed by atoms with E-state index in [1.165, 1.54) is 0 Å². The predicted molar refractivity (Wildman–Crippen MR) is 42.6 cm³/mol. The molecule has 1 fully saturated rings. The van der Waals surface area contributed by atoms with Gasteiger partial charge < -0.3 is 19.7 Å². The van der Waals surface area contributed by atoms with E-state index in [1.54, 1.807) is 20.8 Å². The fourth-order valence-corrected chi connectivity index (χ4v) is 1.41. The number of ether oxygens (including phenoxy) is 2. The van der Waals surface area contributed by atoms with Gasteiger partial charge in [-0.05, 0) is 20.8 Å². The summed E-state index contributed by atoms with van der Waals surface area (Å²) in [5.41, 5.74) is 0. The lowest BCUT2D eigenvalue weighted by Crippen LogP contribution is -2.35. The summed E-state index contributed by atoms with van der Waals surface area (Å²) in [6.45, 7) is 5.02. The third kappa shape index (κ3) is 1.95. The molecule has 0 aromatic carbocycles. The quantitative estimate of drug-likeness (QED) is 0.616. The molecular weight excluding hydrogens is 160 g/mol. The molecular formula is C8H16O4. The van der Waals surface area contributed by atoms with Crippen LogP contribution in [0.25, 0.3) is 0 Å². The minimum atomic E-state index is -0.699. The summed E-state index contributed by atoms with van der Waals surface area (Å²) in [7, 11) is 0. The monoisotopic (exact) mass is 176 g/mol. The lowest BCUT2D eigenvalue weighted by molar-refractivity contribution is -0.155. The van der Waals surface area contributed by atoms with Crippen LogP contribution in [0.2, 0.25) is 0 Å². The Balaban J connectivity index is 2.63. The second-order valence-electron chi connectivity index (χ2n) is 3.56. The topological polar surface area (TPSA) is 58.9 Å². The van der Waals surface area contributed by atoms with E-state index in [9.17, 15) is 5.11 Å². The second kappa shape index (κ2) is 3.30. The van der Waals surface area contributed by atoms with Crippen molar-refractivity contribution in [1.82, 2.24) is 0 Å². The smallest absolute Gasteiger partial charge is 0.164 e. The van der Waals surface area contributed by atoms with Gasteiger partial charge in [-0.1, -0.05) is 0 Å². The Morgan fingerprint density at radius 1 is 1.42 bits per heavy atom. The average molecular weight is 176 g/mol. The van der Waals surface area contributed by atoms with E-state index in [4.69, 9.17) is 14.6 Å². The molecule has 4 nitrogen and oxygen atoms in total. The summed E-state index contributed by atoms with van der Waals surface area (Å²) in [5, 5.41) is 18.2. The Morgan fingerprint density at radius 3 is 2.33 bits per heavy atom. The van der Waals surface area contributed by atoms with Crippen LogP contribution in [0.5, 0.6) is 0 Å². The van der Waals surface area contributed by atoms with Crippen molar-refractivity contribution in [1.29, 1.82) is 0 Å². The van der Waals surface area contributed by atoms with Gasteiger partial charge in [-0.25, -0.2) is 0 Å². The highest BCUT2D eigenvalue weighted by molar-refractivity contribution is 4.84. The van der Waals surface area contributed by atoms with E-state index in [2.05, 4.69) is 0 Å². The van der Waals surface area contributed by atoms with Gasteiger partial charge in [-0.15, -0.1) is 0 Å². The molecule has 0 aliphatic carbocycles. The van der Waals surface area contributed by atoms with Crippen molar-refractivity contribution in [2.24, 2.45) is 0 Å². The molecule has 0 amide bonds. The summed E-state index contributed by atoms with van der Waals surface area (Å²) < 4.78 is 10.7. The molecule has 2 N–H and O–H groups in total. The first kappa shape index (κ1) is 9.92. The number of hydrogen-bond donors (Lipinski definition) is 2. The Bertz CT molecular complexity index is 155. The SMILES string of the molecule is CC(O)[C@H]1OC(C)(C)O[C@H]1CO. The molecule has 1 heterocycles. The molecule has 1 aliphatic heterocycles. The van der Waals surface area contributed by atoms with Crippen LogP contribution in [-0.4, -0.2) is 40.9 Å². The summed E-state index contributed by atoms with van der Waals surface area (Å²) in [6, 6.07) is 0. The van der Waals surface area contributed by atoms with Crippen molar-refractivity contribution < 1.29 is 19.7 Å². The van der Waals surface area contributed by atoms with E-state index in [0.717, 1.165) is 0 Å². The number of rotatable bonds is 2. The van der Waals surface area contributed by atoms with Gasteiger partial charge >= 0.3 is 0 Å². The van der Waals surface area contributed by atoms with Crippen LogP contribution in [0.15, 0.2) is 0 Å². The molecule has 12 heavy (non-hydrogen) atoms. The Morgan fingerprint density at radius 2 is 2.00 bits per heavy atom. The Kier molecular flexibility index (Phi) is 2.73. The summed E-state index contributed by atoms with van der Waals surface area (Å²) in [4.78, 5) is 0. The standard InChI is InChI=1S/C8H16O4/c1-5(10)7-6(4-9)11-8(2,3)12-7/h5-7,9-10H,4H2,1-3H3/t5?,6-,7+/m0/s1. The highest BCUT2D eigenvalue weighted by Crippen LogP contribution is 2.29. The first-order valence-corrected chi connectivity index (χ1v) is 4.11. The van der Waals surface area contributed by atoms with E-state index in [-0.39, 0.29) is 6.61 Å². The van der Waals surface area contributed by atoms with Crippen molar-refractivity contribution in [2.45, 2.75) is 44.9 Å². The molecule has 0 spiro atoms. The van der Waals surface area contributed by atoms with Gasteiger partial charge in [0.05, 0.1) is 12.7 Å². The largest absolute Gasteiger partial charge is 0.394 e. The molecule has 4 heteroatoms. The van der Waals surface area contributed by atoms with E-state index in [0.29, 0.717) is 0 Å². The number of aliphatic hydroxyl groups excluding tert-OH is 2. The highest BCUT2D eigenvalue weighted by Gasteiger charge is 2.42. The maximum Gasteiger partial charge on any atom is 0.164 e. The van der Waals surface area contributed by atoms with Crippen LogP contribution in [0.4, 0.5) is 0 Å². The second-order valence-corrected chi connectivity index (χ2v) is 3.56. The zero-order valence-corrected chi connectivity index (χ0v) is 7.65. The maximum absolute atomic E-state index is 9.27. The van der Waals surface area contributed by atoms with Crippen molar-refractivity contribution in [3.63, 3.8) is 0 Å². The van der Waals surface area contributed by atoms with Gasteiger partial charge in [0.25, 0.3) is 0 Å². The molecule has 1 aliphatic rings. The summed E-state index contributed by atoms with van der Waals surface area (Å²) in [5.74, 6) is -0.699. The lowest BCUT2D eigenvalue weighted by Gasteiger charge is -2.18. The molecule has 1 rings (SSSR count). The fourth-order valence-electron chi connectivity index (χ4n) is 1.41. The van der Waals surface area contributed by atoms with Gasteiger partial charge in [-0.3, -0.25) is 0 Å². The molecule has 0 aromatic rings. The molecule has 1 unspecified atom stereocenters.